The molecular formula is C9H17NO2. The quantitative estimate of drug-likeness (QED) is 0.483. The molecule has 0 fully saturated rings. The molecule has 0 aromatic heterocycles. The second kappa shape index (κ2) is 6.85. The van der Waals surface area contributed by atoms with E-state index >= 15 is 0 Å². The molecule has 1 amide bonds. The Morgan fingerprint density at radius 1 is 1.50 bits per heavy atom. The van der Waals surface area contributed by atoms with Gasteiger partial charge < -0.3 is 10.5 Å². The summed E-state index contributed by atoms with van der Waals surface area (Å²) in [4.78, 5) is 10.5. The van der Waals surface area contributed by atoms with Crippen molar-refractivity contribution in [1.29, 1.82) is 0 Å². The lowest BCUT2D eigenvalue weighted by Gasteiger charge is -1.98. The number of hydrogen-bond acceptors (Lipinski definition) is 2. The molecule has 12 heavy (non-hydrogen) atoms. The zero-order valence-electron chi connectivity index (χ0n) is 7.80. The minimum absolute atomic E-state index is 0.356. The summed E-state index contributed by atoms with van der Waals surface area (Å²) in [5.74, 6) is -0.356. The van der Waals surface area contributed by atoms with E-state index in [9.17, 15) is 4.79 Å². The van der Waals surface area contributed by atoms with Crippen molar-refractivity contribution in [2.75, 3.05) is 13.2 Å². The number of nitrogens with two attached hydrogens (primary N) is 1. The van der Waals surface area contributed by atoms with Gasteiger partial charge in [-0.3, -0.25) is 4.79 Å². The molecule has 0 spiro atoms. The first-order chi connectivity index (χ1) is 5.68. The Morgan fingerprint density at radius 2 is 2.17 bits per heavy atom. The van der Waals surface area contributed by atoms with Crippen molar-refractivity contribution in [1.82, 2.24) is 0 Å². The Morgan fingerprint density at radius 3 is 2.67 bits per heavy atom. The third kappa shape index (κ3) is 5.92. The van der Waals surface area contributed by atoms with Gasteiger partial charge in [0.05, 0.1) is 6.61 Å². The third-order valence-electron chi connectivity index (χ3n) is 1.45. The van der Waals surface area contributed by atoms with Gasteiger partial charge in [0.25, 0.3) is 0 Å². The summed E-state index contributed by atoms with van der Waals surface area (Å²) >= 11 is 0. The van der Waals surface area contributed by atoms with Crippen molar-refractivity contribution >= 4 is 5.91 Å². The van der Waals surface area contributed by atoms with Crippen LogP contribution in [0.1, 0.15) is 26.7 Å². The predicted molar refractivity (Wildman–Crippen MR) is 48.7 cm³/mol. The van der Waals surface area contributed by atoms with Crippen LogP contribution in [0.2, 0.25) is 0 Å². The molecule has 0 aromatic carbocycles. The summed E-state index contributed by atoms with van der Waals surface area (Å²) in [6.07, 6.45) is 3.59. The first kappa shape index (κ1) is 11.2. The fraction of sp³-hybridized carbons (Fsp3) is 0.667. The molecular weight excluding hydrogens is 154 g/mol. The van der Waals surface area contributed by atoms with E-state index in [4.69, 9.17) is 10.5 Å². The minimum atomic E-state index is -0.356. The molecule has 0 aliphatic heterocycles. The van der Waals surface area contributed by atoms with Gasteiger partial charge in [-0.2, -0.15) is 0 Å². The average Bonchev–Trinajstić information content (AvgIpc) is 2.03. The maximum Gasteiger partial charge on any atom is 0.244 e. The van der Waals surface area contributed by atoms with E-state index < -0.39 is 0 Å². The van der Waals surface area contributed by atoms with Crippen LogP contribution in [0, 0.1) is 0 Å². The lowest BCUT2D eigenvalue weighted by Crippen LogP contribution is -2.11. The van der Waals surface area contributed by atoms with Gasteiger partial charge in [-0.05, 0) is 19.8 Å². The van der Waals surface area contributed by atoms with Crippen molar-refractivity contribution < 1.29 is 9.53 Å². The van der Waals surface area contributed by atoms with Gasteiger partial charge in [-0.15, -0.1) is 0 Å². The molecule has 0 rings (SSSR count). The van der Waals surface area contributed by atoms with Crippen LogP contribution < -0.4 is 5.73 Å². The molecule has 0 aromatic rings. The summed E-state index contributed by atoms with van der Waals surface area (Å²) in [6.45, 7) is 5.22. The maximum absolute atomic E-state index is 10.5. The van der Waals surface area contributed by atoms with E-state index in [2.05, 4.69) is 6.92 Å². The lowest BCUT2D eigenvalue weighted by atomic mass is 10.2. The SMILES string of the molecule is CCCOCCC=C(C)C(N)=O. The van der Waals surface area contributed by atoms with E-state index in [-0.39, 0.29) is 5.91 Å². The van der Waals surface area contributed by atoms with Crippen molar-refractivity contribution in [3.8, 4) is 0 Å². The van der Waals surface area contributed by atoms with Crippen molar-refractivity contribution in [2.24, 2.45) is 5.73 Å². The highest BCUT2D eigenvalue weighted by atomic mass is 16.5. The minimum Gasteiger partial charge on any atom is -0.381 e. The Kier molecular flexibility index (Phi) is 6.38. The molecule has 0 aliphatic rings. The number of primary amides is 1. The summed E-state index contributed by atoms with van der Waals surface area (Å²) in [5, 5.41) is 0. The van der Waals surface area contributed by atoms with Crippen LogP contribution in [0.5, 0.6) is 0 Å². The van der Waals surface area contributed by atoms with Crippen LogP contribution in [0.15, 0.2) is 11.6 Å². The number of carbonyl (C=O) groups excluding carboxylic acids is 1. The van der Waals surface area contributed by atoms with Gasteiger partial charge in [0, 0.05) is 12.2 Å². The molecule has 0 aliphatic carbocycles. The summed E-state index contributed by atoms with van der Waals surface area (Å²) in [7, 11) is 0. The molecule has 0 radical (unpaired) electrons. The fourth-order valence-corrected chi connectivity index (χ4v) is 0.706. The highest BCUT2D eigenvalue weighted by molar-refractivity contribution is 5.91. The molecule has 0 atom stereocenters. The predicted octanol–water partition coefficient (Wildman–Crippen LogP) is 1.23. The van der Waals surface area contributed by atoms with Crippen LogP contribution in [0.3, 0.4) is 0 Å². The van der Waals surface area contributed by atoms with E-state index in [0.29, 0.717) is 12.2 Å². The van der Waals surface area contributed by atoms with E-state index in [0.717, 1.165) is 19.4 Å². The molecule has 0 saturated heterocycles. The monoisotopic (exact) mass is 171 g/mol. The zero-order chi connectivity index (χ0) is 9.40. The van der Waals surface area contributed by atoms with Crippen molar-refractivity contribution in [3.63, 3.8) is 0 Å². The Bertz CT molecular complexity index is 164. The molecule has 2 N–H and O–H groups in total. The Balaban J connectivity index is 3.40. The largest absolute Gasteiger partial charge is 0.381 e. The van der Waals surface area contributed by atoms with Gasteiger partial charge in [0.1, 0.15) is 0 Å². The highest BCUT2D eigenvalue weighted by Gasteiger charge is 1.94. The molecule has 70 valence electrons. The van der Waals surface area contributed by atoms with E-state index in [1.54, 1.807) is 13.0 Å². The van der Waals surface area contributed by atoms with Gasteiger partial charge in [0.15, 0.2) is 0 Å². The molecule has 0 saturated carbocycles. The lowest BCUT2D eigenvalue weighted by molar-refractivity contribution is -0.114. The van der Waals surface area contributed by atoms with Gasteiger partial charge in [0.2, 0.25) is 5.91 Å². The van der Waals surface area contributed by atoms with Gasteiger partial charge in [-0.1, -0.05) is 13.0 Å². The molecule has 0 heterocycles. The van der Waals surface area contributed by atoms with Crippen molar-refractivity contribution in [3.05, 3.63) is 11.6 Å². The number of hydrogen-bond donors (Lipinski definition) is 1. The molecule has 3 heteroatoms. The Hall–Kier alpha value is -0.830. The summed E-state index contributed by atoms with van der Waals surface area (Å²) in [5.41, 5.74) is 5.64. The van der Waals surface area contributed by atoms with E-state index in [1.807, 2.05) is 0 Å². The Labute approximate surface area is 73.6 Å². The van der Waals surface area contributed by atoms with Crippen LogP contribution in [-0.2, 0) is 9.53 Å². The standard InChI is InChI=1S/C9H17NO2/c1-3-6-12-7-4-5-8(2)9(10)11/h5H,3-4,6-7H2,1-2H3,(H2,10,11). The highest BCUT2D eigenvalue weighted by Crippen LogP contribution is 1.94. The van der Waals surface area contributed by atoms with Gasteiger partial charge in [-0.25, -0.2) is 0 Å². The van der Waals surface area contributed by atoms with Crippen LogP contribution in [-0.4, -0.2) is 19.1 Å². The topological polar surface area (TPSA) is 52.3 Å². The van der Waals surface area contributed by atoms with Crippen LogP contribution >= 0.6 is 0 Å². The van der Waals surface area contributed by atoms with Crippen LogP contribution in [0.25, 0.3) is 0 Å². The first-order valence-electron chi connectivity index (χ1n) is 4.22. The molecule has 3 nitrogen and oxygen atoms in total. The smallest absolute Gasteiger partial charge is 0.244 e. The molecule has 0 bridgehead atoms. The van der Waals surface area contributed by atoms with Crippen molar-refractivity contribution in [2.45, 2.75) is 26.7 Å². The normalized spacial score (nSPS) is 11.7. The third-order valence-corrected chi connectivity index (χ3v) is 1.45. The fourth-order valence-electron chi connectivity index (χ4n) is 0.706. The average molecular weight is 171 g/mol. The summed E-state index contributed by atoms with van der Waals surface area (Å²) in [6, 6.07) is 0. The number of ether oxygens (including phenoxy) is 1. The second-order valence-electron chi connectivity index (χ2n) is 2.65. The maximum atomic E-state index is 10.5. The molecule has 0 unspecified atom stereocenters. The van der Waals surface area contributed by atoms with Gasteiger partial charge >= 0.3 is 0 Å². The number of amides is 1. The zero-order valence-corrected chi connectivity index (χ0v) is 7.80. The second-order valence-corrected chi connectivity index (χ2v) is 2.65. The first-order valence-corrected chi connectivity index (χ1v) is 4.22. The number of carbonyl (C=O) groups is 1. The summed E-state index contributed by atoms with van der Waals surface area (Å²) < 4.78 is 5.22. The van der Waals surface area contributed by atoms with Crippen LogP contribution in [0.4, 0.5) is 0 Å². The van der Waals surface area contributed by atoms with E-state index in [1.165, 1.54) is 0 Å². The number of rotatable bonds is 6.